The van der Waals surface area contributed by atoms with Gasteiger partial charge in [0, 0.05) is 11.1 Å². The number of benzene rings is 1. The number of halogens is 1. The van der Waals surface area contributed by atoms with E-state index in [9.17, 15) is 13.2 Å². The highest BCUT2D eigenvalue weighted by Gasteiger charge is 2.32. The number of hydrogen-bond donors (Lipinski definition) is 1. The SMILES string of the molecule is COc1ccc(Cl)cc1N(C(C)C(=O)NC1CCCCC1)S(C)(=O)=O. The van der Waals surface area contributed by atoms with Crippen LogP contribution in [0.15, 0.2) is 18.2 Å². The number of carbonyl (C=O) groups excluding carboxylic acids is 1. The highest BCUT2D eigenvalue weighted by atomic mass is 35.5. The molecular weight excluding hydrogens is 364 g/mol. The monoisotopic (exact) mass is 388 g/mol. The molecule has 2 rings (SSSR count). The molecule has 0 aromatic heterocycles. The first kappa shape index (κ1) is 19.8. The Morgan fingerprint density at radius 1 is 1.32 bits per heavy atom. The van der Waals surface area contributed by atoms with Gasteiger partial charge in [0.15, 0.2) is 0 Å². The van der Waals surface area contributed by atoms with Gasteiger partial charge in [-0.1, -0.05) is 30.9 Å². The van der Waals surface area contributed by atoms with Crippen molar-refractivity contribution in [2.45, 2.75) is 51.1 Å². The zero-order valence-corrected chi connectivity index (χ0v) is 16.4. The molecule has 8 heteroatoms. The number of ether oxygens (including phenoxy) is 1. The van der Waals surface area contributed by atoms with Crippen LogP contribution in [0.5, 0.6) is 5.75 Å². The first-order chi connectivity index (χ1) is 11.7. The van der Waals surface area contributed by atoms with Crippen molar-refractivity contribution in [1.29, 1.82) is 0 Å². The molecule has 0 spiro atoms. The molecule has 1 amide bonds. The van der Waals surface area contributed by atoms with E-state index in [1.165, 1.54) is 19.6 Å². The summed E-state index contributed by atoms with van der Waals surface area (Å²) in [6.07, 6.45) is 6.26. The lowest BCUT2D eigenvalue weighted by Crippen LogP contribution is -2.50. The summed E-state index contributed by atoms with van der Waals surface area (Å²) >= 11 is 6.03. The van der Waals surface area contributed by atoms with E-state index in [4.69, 9.17) is 16.3 Å². The Labute approximate surface area is 154 Å². The van der Waals surface area contributed by atoms with Gasteiger partial charge in [-0.05, 0) is 38.0 Å². The van der Waals surface area contributed by atoms with Crippen molar-refractivity contribution < 1.29 is 17.9 Å². The van der Waals surface area contributed by atoms with Crippen molar-refractivity contribution in [3.8, 4) is 5.75 Å². The molecule has 1 aliphatic carbocycles. The van der Waals surface area contributed by atoms with Gasteiger partial charge < -0.3 is 10.1 Å². The number of anilines is 1. The van der Waals surface area contributed by atoms with E-state index < -0.39 is 16.1 Å². The van der Waals surface area contributed by atoms with Crippen LogP contribution in [0.3, 0.4) is 0 Å². The Hall–Kier alpha value is -1.47. The van der Waals surface area contributed by atoms with Crippen molar-refractivity contribution >= 4 is 33.2 Å². The van der Waals surface area contributed by atoms with E-state index in [2.05, 4.69) is 5.32 Å². The summed E-state index contributed by atoms with van der Waals surface area (Å²) in [5.74, 6) is 0.0199. The van der Waals surface area contributed by atoms with Crippen molar-refractivity contribution in [3.05, 3.63) is 23.2 Å². The number of rotatable bonds is 6. The molecule has 1 aliphatic rings. The second-order valence-corrected chi connectivity index (χ2v) is 8.69. The van der Waals surface area contributed by atoms with Gasteiger partial charge in [0.25, 0.3) is 0 Å². The van der Waals surface area contributed by atoms with E-state index in [0.29, 0.717) is 10.8 Å². The molecule has 6 nitrogen and oxygen atoms in total. The van der Waals surface area contributed by atoms with Gasteiger partial charge in [-0.15, -0.1) is 0 Å². The number of nitrogens with one attached hydrogen (secondary N) is 1. The molecule has 0 bridgehead atoms. The number of hydrogen-bond acceptors (Lipinski definition) is 4. The van der Waals surface area contributed by atoms with E-state index in [0.717, 1.165) is 36.2 Å². The topological polar surface area (TPSA) is 75.7 Å². The first-order valence-electron chi connectivity index (χ1n) is 8.37. The van der Waals surface area contributed by atoms with Crippen LogP contribution in [0, 0.1) is 0 Å². The zero-order chi connectivity index (χ0) is 18.6. The largest absolute Gasteiger partial charge is 0.495 e. The number of amides is 1. The van der Waals surface area contributed by atoms with Gasteiger partial charge in [-0.25, -0.2) is 8.42 Å². The first-order valence-corrected chi connectivity index (χ1v) is 10.6. The van der Waals surface area contributed by atoms with Crippen LogP contribution in [0.4, 0.5) is 5.69 Å². The fourth-order valence-corrected chi connectivity index (χ4v) is 4.52. The molecule has 1 fully saturated rings. The zero-order valence-electron chi connectivity index (χ0n) is 14.8. The maximum Gasteiger partial charge on any atom is 0.243 e. The summed E-state index contributed by atoms with van der Waals surface area (Å²) in [6.45, 7) is 1.57. The summed E-state index contributed by atoms with van der Waals surface area (Å²) in [7, 11) is -2.27. The minimum atomic E-state index is -3.72. The third kappa shape index (κ3) is 5.01. The van der Waals surface area contributed by atoms with Crippen molar-refractivity contribution in [2.24, 2.45) is 0 Å². The van der Waals surface area contributed by atoms with E-state index in [1.807, 2.05) is 0 Å². The summed E-state index contributed by atoms with van der Waals surface area (Å²) in [5.41, 5.74) is 0.254. The molecule has 0 aliphatic heterocycles. The molecule has 1 atom stereocenters. The molecule has 1 unspecified atom stereocenters. The predicted molar refractivity (Wildman–Crippen MR) is 99.8 cm³/mol. The standard InChI is InChI=1S/C17H25ClN2O4S/c1-12(17(21)19-14-7-5-4-6-8-14)20(25(3,22)23)15-11-13(18)9-10-16(15)24-2/h9-12,14H,4-8H2,1-3H3,(H,19,21). The lowest BCUT2D eigenvalue weighted by molar-refractivity contribution is -0.122. The Balaban J connectivity index is 2.31. The van der Waals surface area contributed by atoms with Gasteiger partial charge in [-0.3, -0.25) is 9.10 Å². The Morgan fingerprint density at radius 2 is 1.96 bits per heavy atom. The summed E-state index contributed by atoms with van der Waals surface area (Å²) in [5, 5.41) is 3.34. The van der Waals surface area contributed by atoms with Crippen LogP contribution in [-0.2, 0) is 14.8 Å². The third-order valence-corrected chi connectivity index (χ3v) is 5.88. The highest BCUT2D eigenvalue weighted by molar-refractivity contribution is 7.92. The lowest BCUT2D eigenvalue weighted by Gasteiger charge is -2.31. The fraction of sp³-hybridized carbons (Fsp3) is 0.588. The van der Waals surface area contributed by atoms with Gasteiger partial charge in [0.2, 0.25) is 15.9 Å². The second-order valence-electron chi connectivity index (χ2n) is 6.39. The summed E-state index contributed by atoms with van der Waals surface area (Å²) in [4.78, 5) is 12.7. The molecular formula is C17H25ClN2O4S. The Bertz CT molecular complexity index is 717. The Kier molecular flexibility index (Phi) is 6.57. The maximum atomic E-state index is 12.7. The minimum absolute atomic E-state index is 0.103. The summed E-state index contributed by atoms with van der Waals surface area (Å²) in [6, 6.07) is 3.88. The smallest absolute Gasteiger partial charge is 0.243 e. The number of sulfonamides is 1. The summed E-state index contributed by atoms with van der Waals surface area (Å²) < 4.78 is 31.1. The van der Waals surface area contributed by atoms with Crippen LogP contribution in [0.25, 0.3) is 0 Å². The molecule has 25 heavy (non-hydrogen) atoms. The van der Waals surface area contributed by atoms with Crippen molar-refractivity contribution in [3.63, 3.8) is 0 Å². The van der Waals surface area contributed by atoms with Gasteiger partial charge >= 0.3 is 0 Å². The van der Waals surface area contributed by atoms with Crippen LogP contribution in [0.1, 0.15) is 39.0 Å². The fourth-order valence-electron chi connectivity index (χ4n) is 3.19. The van der Waals surface area contributed by atoms with E-state index >= 15 is 0 Å². The third-order valence-electron chi connectivity index (χ3n) is 4.42. The molecule has 0 heterocycles. The van der Waals surface area contributed by atoms with Crippen molar-refractivity contribution in [2.75, 3.05) is 17.7 Å². The van der Waals surface area contributed by atoms with Crippen molar-refractivity contribution in [1.82, 2.24) is 5.32 Å². The lowest BCUT2D eigenvalue weighted by atomic mass is 9.95. The molecule has 0 saturated heterocycles. The minimum Gasteiger partial charge on any atom is -0.495 e. The molecule has 1 N–H and O–H groups in total. The van der Waals surface area contributed by atoms with E-state index in [1.54, 1.807) is 19.1 Å². The van der Waals surface area contributed by atoms with Gasteiger partial charge in [0.05, 0.1) is 19.1 Å². The van der Waals surface area contributed by atoms with E-state index in [-0.39, 0.29) is 17.6 Å². The molecule has 140 valence electrons. The average Bonchev–Trinajstić information content (AvgIpc) is 2.55. The second kappa shape index (κ2) is 8.27. The van der Waals surface area contributed by atoms with Crippen LogP contribution in [0.2, 0.25) is 5.02 Å². The highest BCUT2D eigenvalue weighted by Crippen LogP contribution is 2.34. The maximum absolute atomic E-state index is 12.7. The van der Waals surface area contributed by atoms with Gasteiger partial charge in [0.1, 0.15) is 11.8 Å². The number of carbonyl (C=O) groups is 1. The molecule has 1 aromatic carbocycles. The number of nitrogens with zero attached hydrogens (tertiary/aromatic N) is 1. The molecule has 1 saturated carbocycles. The molecule has 0 radical (unpaired) electrons. The van der Waals surface area contributed by atoms with Crippen LogP contribution in [-0.4, -0.2) is 39.8 Å². The Morgan fingerprint density at radius 3 is 2.52 bits per heavy atom. The predicted octanol–water partition coefficient (Wildman–Crippen LogP) is 2.95. The average molecular weight is 389 g/mol. The molecule has 1 aromatic rings. The normalized spacial score (nSPS) is 17.0. The van der Waals surface area contributed by atoms with Crippen LogP contribution >= 0.6 is 11.6 Å². The number of methoxy groups -OCH3 is 1. The van der Waals surface area contributed by atoms with Gasteiger partial charge in [-0.2, -0.15) is 0 Å². The quantitative estimate of drug-likeness (QED) is 0.812. The van der Waals surface area contributed by atoms with Crippen LogP contribution < -0.4 is 14.4 Å².